The van der Waals surface area contributed by atoms with Crippen molar-refractivity contribution in [2.45, 2.75) is 76.2 Å². The van der Waals surface area contributed by atoms with Crippen molar-refractivity contribution in [1.29, 1.82) is 0 Å². The van der Waals surface area contributed by atoms with E-state index in [2.05, 4.69) is 15.5 Å². The number of amides is 1. The van der Waals surface area contributed by atoms with Gasteiger partial charge in [-0.05, 0) is 38.8 Å². The van der Waals surface area contributed by atoms with Crippen LogP contribution >= 0.6 is 24.8 Å². The van der Waals surface area contributed by atoms with Gasteiger partial charge in [0.2, 0.25) is 12.1 Å². The van der Waals surface area contributed by atoms with Gasteiger partial charge in [0.1, 0.15) is 0 Å². The maximum atomic E-state index is 13.0. The van der Waals surface area contributed by atoms with E-state index in [4.69, 9.17) is 9.57 Å². The summed E-state index contributed by atoms with van der Waals surface area (Å²) in [4.78, 5) is 32.4. The number of ether oxygens (including phenoxy) is 1. The molecule has 1 amide bonds. The molecule has 3 fully saturated rings. The Morgan fingerprint density at radius 1 is 1.07 bits per heavy atom. The van der Waals surface area contributed by atoms with Crippen molar-refractivity contribution in [2.75, 3.05) is 39.3 Å². The molecule has 1 aliphatic carbocycles. The Kier molecular flexibility index (Phi) is 12.5. The molecular formula is C20H38Cl2N4O4. The minimum absolute atomic E-state index is 0. The van der Waals surface area contributed by atoms with Gasteiger partial charge >= 0.3 is 5.97 Å². The maximum Gasteiger partial charge on any atom is 0.378 e. The van der Waals surface area contributed by atoms with E-state index in [1.807, 2.05) is 6.92 Å². The molecule has 0 bridgehead atoms. The molecule has 1 atom stereocenters. The lowest BCUT2D eigenvalue weighted by atomic mass is 9.97. The van der Waals surface area contributed by atoms with Crippen molar-refractivity contribution >= 4 is 37.2 Å². The fraction of sp³-hybridized carbons (Fsp3) is 0.900. The van der Waals surface area contributed by atoms with Gasteiger partial charge in [0.15, 0.2) is 0 Å². The summed E-state index contributed by atoms with van der Waals surface area (Å²) in [5, 5.41) is 7.75. The predicted molar refractivity (Wildman–Crippen MR) is 120 cm³/mol. The van der Waals surface area contributed by atoms with Crippen LogP contribution in [0.2, 0.25) is 0 Å². The van der Waals surface area contributed by atoms with Crippen molar-refractivity contribution in [1.82, 2.24) is 20.6 Å². The highest BCUT2D eigenvalue weighted by Gasteiger charge is 2.43. The second kappa shape index (κ2) is 13.7. The molecule has 2 heterocycles. The monoisotopic (exact) mass is 468 g/mol. The molecule has 0 aromatic heterocycles. The Hall–Kier alpha value is -0.640. The van der Waals surface area contributed by atoms with Crippen molar-refractivity contribution in [3.8, 4) is 0 Å². The van der Waals surface area contributed by atoms with Crippen molar-refractivity contribution in [3.63, 3.8) is 0 Å². The van der Waals surface area contributed by atoms with Gasteiger partial charge in [0.05, 0.1) is 6.10 Å². The highest BCUT2D eigenvalue weighted by atomic mass is 35.5. The summed E-state index contributed by atoms with van der Waals surface area (Å²) in [6.07, 6.45) is 8.47. The number of nitrogens with one attached hydrogen (secondary N) is 2. The summed E-state index contributed by atoms with van der Waals surface area (Å²) in [5.41, 5.74) is -1.39. The number of halogens is 2. The van der Waals surface area contributed by atoms with Crippen LogP contribution in [0.15, 0.2) is 0 Å². The summed E-state index contributed by atoms with van der Waals surface area (Å²) in [6, 6.07) is 0.625. The number of nitrogens with zero attached hydrogens (tertiary/aromatic N) is 2. The molecule has 30 heavy (non-hydrogen) atoms. The zero-order chi connectivity index (χ0) is 19.8. The molecular weight excluding hydrogens is 431 g/mol. The van der Waals surface area contributed by atoms with Gasteiger partial charge in [-0.15, -0.1) is 29.9 Å². The van der Waals surface area contributed by atoms with Crippen LogP contribution in [0.1, 0.15) is 58.3 Å². The second-order valence-electron chi connectivity index (χ2n) is 8.15. The van der Waals surface area contributed by atoms with Crippen LogP contribution in [-0.4, -0.2) is 79.5 Å². The molecule has 1 unspecified atom stereocenters. The molecule has 0 radical (unpaired) electrons. The second-order valence-corrected chi connectivity index (χ2v) is 8.15. The summed E-state index contributed by atoms with van der Waals surface area (Å²) in [5.74, 6) is -0.511. The van der Waals surface area contributed by atoms with Crippen molar-refractivity contribution < 1.29 is 19.2 Å². The number of hydrogen-bond acceptors (Lipinski definition) is 7. The van der Waals surface area contributed by atoms with Crippen molar-refractivity contribution in [2.24, 2.45) is 0 Å². The van der Waals surface area contributed by atoms with Gasteiger partial charge in [-0.2, -0.15) is 0 Å². The molecule has 2 N–H and O–H groups in total. The largest absolute Gasteiger partial charge is 0.378 e. The van der Waals surface area contributed by atoms with Gasteiger partial charge in [-0.1, -0.05) is 26.2 Å². The Morgan fingerprint density at radius 3 is 2.27 bits per heavy atom. The third-order valence-corrected chi connectivity index (χ3v) is 6.35. The van der Waals surface area contributed by atoms with E-state index in [1.165, 1.54) is 19.3 Å². The van der Waals surface area contributed by atoms with Gasteiger partial charge in [0, 0.05) is 38.6 Å². The molecule has 0 aromatic carbocycles. The molecule has 8 nitrogen and oxygen atoms in total. The Labute approximate surface area is 192 Å². The van der Waals surface area contributed by atoms with E-state index >= 15 is 0 Å². The zero-order valence-corrected chi connectivity index (χ0v) is 19.6. The highest BCUT2D eigenvalue weighted by Crippen LogP contribution is 2.27. The third kappa shape index (κ3) is 7.21. The molecule has 0 spiro atoms. The van der Waals surface area contributed by atoms with Crippen LogP contribution in [-0.2, 0) is 19.2 Å². The topological polar surface area (TPSA) is 83.1 Å². The van der Waals surface area contributed by atoms with Gasteiger partial charge in [0.25, 0.3) is 0 Å². The number of piperazine rings is 1. The molecule has 0 aromatic rings. The fourth-order valence-electron chi connectivity index (χ4n) is 4.56. The van der Waals surface area contributed by atoms with Crippen LogP contribution in [0.5, 0.6) is 0 Å². The lowest BCUT2D eigenvalue weighted by Crippen LogP contribution is -2.59. The minimum Gasteiger partial charge on any atom is -0.364 e. The number of piperidine rings is 1. The first-order chi connectivity index (χ1) is 13.7. The van der Waals surface area contributed by atoms with Gasteiger partial charge in [-0.25, -0.2) is 4.79 Å². The first-order valence-corrected chi connectivity index (χ1v) is 11.0. The first-order valence-electron chi connectivity index (χ1n) is 11.0. The summed E-state index contributed by atoms with van der Waals surface area (Å²) < 4.78 is 6.13. The Balaban J connectivity index is 0.00000225. The van der Waals surface area contributed by atoms with E-state index in [1.54, 1.807) is 5.06 Å². The molecule has 3 rings (SSSR count). The summed E-state index contributed by atoms with van der Waals surface area (Å²) >= 11 is 0. The van der Waals surface area contributed by atoms with E-state index in [0.29, 0.717) is 32.0 Å². The molecule has 3 aliphatic rings. The number of carbonyl (C=O) groups is 2. The number of carbonyl (C=O) groups excluding carboxylic acids is 2. The molecule has 1 saturated carbocycles. The minimum atomic E-state index is -1.39. The number of hydrogen-bond donors (Lipinski definition) is 2. The standard InChI is InChI=1S/C20H36N4O4.2ClH/c1-2-20(22-16-25,27-18-6-4-3-5-7-18)19(26)28-24-14-12-23(13-15-24)17-8-10-21-11-9-17;;/h16-18,21H,2-15H2,1H3,(H,22,25);2*1H. The first kappa shape index (κ1) is 27.4. The molecule has 2 saturated heterocycles. The number of hydroxylamine groups is 2. The number of rotatable bonds is 8. The summed E-state index contributed by atoms with van der Waals surface area (Å²) in [7, 11) is 0. The normalized spacial score (nSPS) is 24.0. The average molecular weight is 469 g/mol. The molecule has 10 heteroatoms. The SMILES string of the molecule is CCC(NC=O)(OC1CCCCC1)C(=O)ON1CCN(C2CCNCC2)CC1.Cl.Cl. The predicted octanol–water partition coefficient (Wildman–Crippen LogP) is 1.86. The summed E-state index contributed by atoms with van der Waals surface area (Å²) in [6.45, 7) is 7.14. The van der Waals surface area contributed by atoms with Crippen LogP contribution in [0.3, 0.4) is 0 Å². The van der Waals surface area contributed by atoms with Crippen LogP contribution < -0.4 is 10.6 Å². The van der Waals surface area contributed by atoms with Crippen molar-refractivity contribution in [3.05, 3.63) is 0 Å². The van der Waals surface area contributed by atoms with Crippen LogP contribution in [0.4, 0.5) is 0 Å². The van der Waals surface area contributed by atoms with Gasteiger partial charge in [-0.3, -0.25) is 9.69 Å². The van der Waals surface area contributed by atoms with Gasteiger partial charge < -0.3 is 20.2 Å². The smallest absolute Gasteiger partial charge is 0.364 e. The lowest BCUT2D eigenvalue weighted by molar-refractivity contribution is -0.233. The van der Waals surface area contributed by atoms with E-state index in [-0.39, 0.29) is 30.9 Å². The maximum absolute atomic E-state index is 13.0. The highest BCUT2D eigenvalue weighted by molar-refractivity contribution is 5.85. The lowest BCUT2D eigenvalue weighted by Gasteiger charge is -2.41. The Morgan fingerprint density at radius 2 is 1.70 bits per heavy atom. The Bertz CT molecular complexity index is 511. The fourth-order valence-corrected chi connectivity index (χ4v) is 4.56. The van der Waals surface area contributed by atoms with E-state index < -0.39 is 11.7 Å². The zero-order valence-electron chi connectivity index (χ0n) is 18.0. The molecule has 2 aliphatic heterocycles. The van der Waals surface area contributed by atoms with Crippen LogP contribution in [0.25, 0.3) is 0 Å². The molecule has 176 valence electrons. The van der Waals surface area contributed by atoms with Crippen LogP contribution in [0, 0.1) is 0 Å². The van der Waals surface area contributed by atoms with E-state index in [0.717, 1.165) is 51.9 Å². The quantitative estimate of drug-likeness (QED) is 0.415. The third-order valence-electron chi connectivity index (χ3n) is 6.35. The average Bonchev–Trinajstić information content (AvgIpc) is 2.75. The van der Waals surface area contributed by atoms with E-state index in [9.17, 15) is 9.59 Å².